The third kappa shape index (κ3) is 4.42. The molecule has 4 aromatic heterocycles. The molecule has 0 radical (unpaired) electrons. The summed E-state index contributed by atoms with van der Waals surface area (Å²) >= 11 is 1.41. The van der Waals surface area contributed by atoms with Gasteiger partial charge in [-0.2, -0.15) is 5.10 Å². The van der Waals surface area contributed by atoms with E-state index in [1.165, 1.54) is 23.6 Å². The lowest BCUT2D eigenvalue weighted by molar-refractivity contribution is -0.00559. The number of rotatable bonds is 4. The van der Waals surface area contributed by atoms with Crippen LogP contribution in [-0.4, -0.2) is 66.1 Å². The molecule has 5 aromatic rings. The molecular weight excluding hydrogens is 554 g/mol. The number of ketones is 1. The van der Waals surface area contributed by atoms with Gasteiger partial charge in [0.2, 0.25) is 0 Å². The van der Waals surface area contributed by atoms with E-state index in [2.05, 4.69) is 15.1 Å². The minimum absolute atomic E-state index is 0.0237. The molecule has 0 bridgehead atoms. The molecule has 2 aliphatic heterocycles. The van der Waals surface area contributed by atoms with E-state index in [0.717, 1.165) is 21.5 Å². The zero-order chi connectivity index (χ0) is 29.0. The smallest absolute Gasteiger partial charge is 0.354 e. The molecule has 11 heteroatoms. The Kier molecular flexibility index (Phi) is 6.12. The molecule has 1 spiro atoms. The molecule has 0 saturated carbocycles. The van der Waals surface area contributed by atoms with Gasteiger partial charge in [0.1, 0.15) is 21.9 Å². The number of hydrogen-bond donors (Lipinski definition) is 1. The van der Waals surface area contributed by atoms with Crippen molar-refractivity contribution in [2.75, 3.05) is 13.1 Å². The predicted octanol–water partition coefficient (Wildman–Crippen LogP) is 5.19. The first-order valence-electron chi connectivity index (χ1n) is 13.6. The number of benzene rings is 1. The van der Waals surface area contributed by atoms with Gasteiger partial charge in [0, 0.05) is 43.7 Å². The fourth-order valence-electron chi connectivity index (χ4n) is 5.74. The van der Waals surface area contributed by atoms with Crippen LogP contribution in [-0.2, 0) is 0 Å². The number of carboxylic acids is 1. The Balaban J connectivity index is 1.08. The first kappa shape index (κ1) is 26.0. The highest BCUT2D eigenvalue weighted by Crippen LogP contribution is 2.41. The van der Waals surface area contributed by atoms with Crippen molar-refractivity contribution in [3.63, 3.8) is 0 Å². The number of aryl methyl sites for hydroxylation is 1. The van der Waals surface area contributed by atoms with Crippen LogP contribution in [0.1, 0.15) is 55.5 Å². The number of aromatic nitrogens is 4. The zero-order valence-electron chi connectivity index (χ0n) is 22.6. The Morgan fingerprint density at radius 2 is 1.81 bits per heavy atom. The van der Waals surface area contributed by atoms with Crippen molar-refractivity contribution in [1.29, 1.82) is 0 Å². The third-order valence-corrected chi connectivity index (χ3v) is 9.08. The van der Waals surface area contributed by atoms with Gasteiger partial charge in [0.15, 0.2) is 11.6 Å². The molecule has 1 N–H and O–H groups in total. The number of aromatic carboxylic acids is 1. The van der Waals surface area contributed by atoms with E-state index in [1.807, 2.05) is 42.2 Å². The van der Waals surface area contributed by atoms with Crippen LogP contribution in [0.5, 0.6) is 5.75 Å². The van der Waals surface area contributed by atoms with Crippen LogP contribution in [0.2, 0.25) is 0 Å². The normalized spacial score (nSPS) is 15.9. The van der Waals surface area contributed by atoms with E-state index in [-0.39, 0.29) is 23.8 Å². The third-order valence-electron chi connectivity index (χ3n) is 7.99. The maximum atomic E-state index is 13.5. The molecule has 210 valence electrons. The van der Waals surface area contributed by atoms with Gasteiger partial charge < -0.3 is 14.7 Å². The first-order valence-corrected chi connectivity index (χ1v) is 14.4. The Hall–Kier alpha value is -4.90. The summed E-state index contributed by atoms with van der Waals surface area (Å²) < 4.78 is 8.23. The summed E-state index contributed by atoms with van der Waals surface area (Å²) in [5.41, 5.74) is 1.98. The van der Waals surface area contributed by atoms with E-state index in [0.29, 0.717) is 53.5 Å². The summed E-state index contributed by atoms with van der Waals surface area (Å²) in [6.07, 6.45) is 4.47. The highest BCUT2D eigenvalue weighted by atomic mass is 32.1. The monoisotopic (exact) mass is 579 g/mol. The van der Waals surface area contributed by atoms with E-state index >= 15 is 0 Å². The molecule has 1 saturated heterocycles. The van der Waals surface area contributed by atoms with Crippen LogP contribution in [0.3, 0.4) is 0 Å². The standard InChI is InChI=1S/C31H25N5O5S/c1-18-21-16-26(42-29(21)36(34-18)27-4-2-3-10-33-27)28(38)35-12-8-31(9-13-35)17-24(37)22-14-19(5-6-25(22)41-31)20-7-11-32-23(15-20)30(39)40/h2-7,10-11,14-16H,8-9,12-13,17H2,1H3,(H,39,40). The van der Waals surface area contributed by atoms with Crippen molar-refractivity contribution in [1.82, 2.24) is 24.6 Å². The SMILES string of the molecule is Cc1nn(-c2ccccn2)c2sc(C(=O)N3CCC4(CC3)CC(=O)c3cc(-c5ccnc(C(=O)O)c5)ccc3O4)cc12. The van der Waals surface area contributed by atoms with E-state index in [9.17, 15) is 19.5 Å². The molecule has 0 aliphatic carbocycles. The fourth-order valence-corrected chi connectivity index (χ4v) is 6.88. The Morgan fingerprint density at radius 3 is 2.57 bits per heavy atom. The summed E-state index contributed by atoms with van der Waals surface area (Å²) in [5.74, 6) is 0.0438. The number of hydrogen-bond acceptors (Lipinski definition) is 8. The number of carbonyl (C=O) groups is 3. The number of nitrogens with zero attached hydrogens (tertiary/aromatic N) is 5. The molecule has 7 rings (SSSR count). The van der Waals surface area contributed by atoms with Gasteiger partial charge in [-0.3, -0.25) is 9.59 Å². The van der Waals surface area contributed by atoms with Gasteiger partial charge in [0.25, 0.3) is 5.91 Å². The molecule has 1 amide bonds. The lowest BCUT2D eigenvalue weighted by Gasteiger charge is -2.44. The van der Waals surface area contributed by atoms with Crippen LogP contribution in [0.25, 0.3) is 27.2 Å². The van der Waals surface area contributed by atoms with Crippen molar-refractivity contribution in [2.24, 2.45) is 0 Å². The molecule has 0 atom stereocenters. The lowest BCUT2D eigenvalue weighted by atomic mass is 9.82. The number of thiophene rings is 1. The molecule has 42 heavy (non-hydrogen) atoms. The maximum Gasteiger partial charge on any atom is 0.354 e. The second-order valence-electron chi connectivity index (χ2n) is 10.6. The molecule has 10 nitrogen and oxygen atoms in total. The molecule has 2 aliphatic rings. The summed E-state index contributed by atoms with van der Waals surface area (Å²) in [7, 11) is 0. The lowest BCUT2D eigenvalue weighted by Crippen LogP contribution is -2.52. The second kappa shape index (κ2) is 9.88. The topological polar surface area (TPSA) is 128 Å². The van der Waals surface area contributed by atoms with Gasteiger partial charge in [-0.15, -0.1) is 11.3 Å². The first-order chi connectivity index (χ1) is 20.3. The molecule has 6 heterocycles. The Labute approximate surface area is 244 Å². The highest BCUT2D eigenvalue weighted by molar-refractivity contribution is 7.20. The van der Waals surface area contributed by atoms with Crippen LogP contribution in [0.15, 0.2) is 67.0 Å². The summed E-state index contributed by atoms with van der Waals surface area (Å²) in [4.78, 5) is 49.8. The van der Waals surface area contributed by atoms with Crippen molar-refractivity contribution in [3.05, 3.63) is 88.8 Å². The number of Topliss-reactive ketones (excluding diaryl/α,β-unsaturated/α-hetero) is 1. The van der Waals surface area contributed by atoms with Gasteiger partial charge in [0.05, 0.1) is 22.6 Å². The average Bonchev–Trinajstić information content (AvgIpc) is 3.58. The summed E-state index contributed by atoms with van der Waals surface area (Å²) in [6, 6.07) is 16.1. The van der Waals surface area contributed by atoms with Gasteiger partial charge >= 0.3 is 5.97 Å². The quantitative estimate of drug-likeness (QED) is 0.308. The molecule has 1 fully saturated rings. The maximum absolute atomic E-state index is 13.5. The van der Waals surface area contributed by atoms with Crippen molar-refractivity contribution >= 4 is 39.2 Å². The number of carboxylic acid groups (broad SMARTS) is 1. The van der Waals surface area contributed by atoms with Crippen molar-refractivity contribution < 1.29 is 24.2 Å². The van der Waals surface area contributed by atoms with Gasteiger partial charge in [-0.05, 0) is 60.5 Å². The Morgan fingerprint density at radius 1 is 1.00 bits per heavy atom. The average molecular weight is 580 g/mol. The fraction of sp³-hybridized carbons (Fsp3) is 0.226. The molecule has 1 aromatic carbocycles. The summed E-state index contributed by atoms with van der Waals surface area (Å²) in [5, 5.41) is 14.8. The minimum Gasteiger partial charge on any atom is -0.486 e. The molecular formula is C31H25N5O5S. The zero-order valence-corrected chi connectivity index (χ0v) is 23.4. The number of amides is 1. The number of piperidine rings is 1. The largest absolute Gasteiger partial charge is 0.486 e. The Bertz CT molecular complexity index is 1890. The van der Waals surface area contributed by atoms with Crippen LogP contribution >= 0.6 is 11.3 Å². The van der Waals surface area contributed by atoms with Crippen LogP contribution in [0, 0.1) is 6.92 Å². The van der Waals surface area contributed by atoms with Crippen molar-refractivity contribution in [2.45, 2.75) is 31.8 Å². The number of carbonyl (C=O) groups excluding carboxylic acids is 2. The predicted molar refractivity (Wildman–Crippen MR) is 156 cm³/mol. The second-order valence-corrected chi connectivity index (χ2v) is 11.7. The van der Waals surface area contributed by atoms with E-state index in [4.69, 9.17) is 4.74 Å². The van der Waals surface area contributed by atoms with E-state index in [1.54, 1.807) is 29.1 Å². The number of fused-ring (bicyclic) bond motifs is 2. The number of pyridine rings is 2. The summed E-state index contributed by atoms with van der Waals surface area (Å²) in [6.45, 7) is 2.89. The highest BCUT2D eigenvalue weighted by Gasteiger charge is 2.44. The van der Waals surface area contributed by atoms with E-state index < -0.39 is 11.6 Å². The molecule has 0 unspecified atom stereocenters. The van der Waals surface area contributed by atoms with Crippen molar-refractivity contribution in [3.8, 4) is 22.7 Å². The van der Waals surface area contributed by atoms with Gasteiger partial charge in [-0.1, -0.05) is 12.1 Å². The van der Waals surface area contributed by atoms with Crippen LogP contribution < -0.4 is 4.74 Å². The minimum atomic E-state index is -1.11. The number of ether oxygens (including phenoxy) is 1. The van der Waals surface area contributed by atoms with Crippen LogP contribution in [0.4, 0.5) is 0 Å². The number of likely N-dealkylation sites (tertiary alicyclic amines) is 1. The van der Waals surface area contributed by atoms with Gasteiger partial charge in [-0.25, -0.2) is 19.4 Å².